The van der Waals surface area contributed by atoms with E-state index in [2.05, 4.69) is 10.3 Å². The minimum atomic E-state index is -0.656. The van der Waals surface area contributed by atoms with Crippen LogP contribution in [0, 0.1) is 5.82 Å². The minimum Gasteiger partial charge on any atom is -0.368 e. The van der Waals surface area contributed by atoms with Crippen LogP contribution in [-0.4, -0.2) is 24.2 Å². The first-order chi connectivity index (χ1) is 8.58. The number of hydroxylamine groups is 1. The zero-order chi connectivity index (χ0) is 13.4. The monoisotopic (exact) mass is 272 g/mol. The molecule has 0 radical (unpaired) electrons. The van der Waals surface area contributed by atoms with Crippen molar-refractivity contribution in [2.75, 3.05) is 12.4 Å². The first-order valence-corrected chi connectivity index (χ1v) is 6.14. The number of nitrogens with two attached hydrogens (primary N) is 1. The number of carbonyl (C=O) groups is 2. The highest BCUT2D eigenvalue weighted by molar-refractivity contribution is 7.99. The number of hydrogen-bond acceptors (Lipinski definition) is 4. The molecule has 0 spiro atoms. The summed E-state index contributed by atoms with van der Waals surface area (Å²) >= 11 is 1.42. The van der Waals surface area contributed by atoms with Crippen LogP contribution < -0.4 is 11.2 Å². The Balaban J connectivity index is 2.15. The molecule has 0 saturated carbocycles. The van der Waals surface area contributed by atoms with Gasteiger partial charge in [0.2, 0.25) is 11.8 Å². The summed E-state index contributed by atoms with van der Waals surface area (Å²) in [6, 6.07) is 6.00. The molecule has 3 N–H and O–H groups in total. The molecule has 0 aromatic heterocycles. The predicted molar refractivity (Wildman–Crippen MR) is 65.0 cm³/mol. The molecule has 2 amide bonds. The molecule has 98 valence electrons. The summed E-state index contributed by atoms with van der Waals surface area (Å²) in [7, 11) is 0. The van der Waals surface area contributed by atoms with Gasteiger partial charge in [0.1, 0.15) is 5.82 Å². The summed E-state index contributed by atoms with van der Waals surface area (Å²) in [5, 5.41) is 0. The maximum Gasteiger partial charge on any atom is 0.246 e. The van der Waals surface area contributed by atoms with Crippen LogP contribution in [0.15, 0.2) is 29.2 Å². The average molecular weight is 272 g/mol. The molecule has 0 aliphatic carbocycles. The van der Waals surface area contributed by atoms with Gasteiger partial charge in [0.25, 0.3) is 0 Å². The molecular weight excluding hydrogens is 259 g/mol. The van der Waals surface area contributed by atoms with Gasteiger partial charge in [0.15, 0.2) is 6.61 Å². The van der Waals surface area contributed by atoms with Gasteiger partial charge in [-0.1, -0.05) is 0 Å². The molecule has 0 saturated heterocycles. The van der Waals surface area contributed by atoms with Gasteiger partial charge in [-0.2, -0.15) is 0 Å². The van der Waals surface area contributed by atoms with E-state index in [0.29, 0.717) is 5.75 Å². The van der Waals surface area contributed by atoms with Crippen LogP contribution in [0.25, 0.3) is 0 Å². The molecular formula is C11H13FN2O3S. The number of benzene rings is 1. The molecule has 1 aromatic rings. The molecule has 7 heteroatoms. The van der Waals surface area contributed by atoms with Crippen molar-refractivity contribution < 1.29 is 18.8 Å². The van der Waals surface area contributed by atoms with Gasteiger partial charge in [0, 0.05) is 17.1 Å². The first kappa shape index (κ1) is 14.5. The number of nitrogens with one attached hydrogen (secondary N) is 1. The van der Waals surface area contributed by atoms with Crippen molar-refractivity contribution in [3.63, 3.8) is 0 Å². The van der Waals surface area contributed by atoms with Crippen molar-refractivity contribution in [3.8, 4) is 0 Å². The fraction of sp³-hybridized carbons (Fsp3) is 0.273. The number of amides is 2. The van der Waals surface area contributed by atoms with E-state index in [1.807, 2.05) is 0 Å². The highest BCUT2D eigenvalue weighted by Gasteiger charge is 2.03. The van der Waals surface area contributed by atoms with E-state index < -0.39 is 5.91 Å². The van der Waals surface area contributed by atoms with Crippen molar-refractivity contribution in [3.05, 3.63) is 30.1 Å². The Labute approximate surface area is 108 Å². The molecule has 0 heterocycles. The fourth-order valence-electron chi connectivity index (χ4n) is 1.03. The molecule has 0 bridgehead atoms. The lowest BCUT2D eigenvalue weighted by atomic mass is 10.4. The summed E-state index contributed by atoms with van der Waals surface area (Å²) in [5.74, 6) is -0.768. The molecule has 1 aromatic carbocycles. The summed E-state index contributed by atoms with van der Waals surface area (Å²) < 4.78 is 12.6. The Kier molecular flexibility index (Phi) is 6.16. The van der Waals surface area contributed by atoms with Crippen LogP contribution in [0.4, 0.5) is 4.39 Å². The second-order valence-corrected chi connectivity index (χ2v) is 4.50. The highest BCUT2D eigenvalue weighted by atomic mass is 32.2. The fourth-order valence-corrected chi connectivity index (χ4v) is 1.88. The van der Waals surface area contributed by atoms with Gasteiger partial charge in [-0.05, 0) is 24.3 Å². The summed E-state index contributed by atoms with van der Waals surface area (Å²) in [6.45, 7) is -0.350. The lowest BCUT2D eigenvalue weighted by molar-refractivity contribution is -0.137. The van der Waals surface area contributed by atoms with Crippen molar-refractivity contribution in [1.82, 2.24) is 5.48 Å². The topological polar surface area (TPSA) is 81.4 Å². The van der Waals surface area contributed by atoms with Crippen molar-refractivity contribution in [2.45, 2.75) is 11.3 Å². The number of rotatable bonds is 7. The standard InChI is InChI=1S/C11H13FN2O3S/c12-8-1-3-9(4-2-8)18-6-5-11(16)14-17-7-10(13)15/h1-4H,5-7H2,(H2,13,15)(H,14,16). The first-order valence-electron chi connectivity index (χ1n) is 5.15. The van der Waals surface area contributed by atoms with Crippen LogP contribution in [-0.2, 0) is 14.4 Å². The smallest absolute Gasteiger partial charge is 0.246 e. The molecule has 1 rings (SSSR count). The molecule has 0 aliphatic heterocycles. The Bertz CT molecular complexity index is 411. The third kappa shape index (κ3) is 6.21. The quantitative estimate of drug-likeness (QED) is 0.569. The maximum absolute atomic E-state index is 12.6. The van der Waals surface area contributed by atoms with Gasteiger partial charge < -0.3 is 5.73 Å². The number of thioether (sulfide) groups is 1. The van der Waals surface area contributed by atoms with Crippen LogP contribution >= 0.6 is 11.8 Å². The van der Waals surface area contributed by atoms with E-state index in [1.165, 1.54) is 23.9 Å². The van der Waals surface area contributed by atoms with Crippen LogP contribution in [0.5, 0.6) is 0 Å². The Morgan fingerprint density at radius 2 is 2.00 bits per heavy atom. The van der Waals surface area contributed by atoms with Crippen molar-refractivity contribution in [2.24, 2.45) is 5.73 Å². The number of halogens is 1. The van der Waals surface area contributed by atoms with Gasteiger partial charge in [-0.3, -0.25) is 14.4 Å². The van der Waals surface area contributed by atoms with Gasteiger partial charge in [0.05, 0.1) is 0 Å². The van der Waals surface area contributed by atoms with E-state index in [4.69, 9.17) is 5.73 Å². The predicted octanol–water partition coefficient (Wildman–Crippen LogP) is 0.841. The Hall–Kier alpha value is -1.60. The molecule has 0 atom stereocenters. The molecule has 0 fully saturated rings. The van der Waals surface area contributed by atoms with E-state index >= 15 is 0 Å². The average Bonchev–Trinajstić information content (AvgIpc) is 2.31. The largest absolute Gasteiger partial charge is 0.368 e. The van der Waals surface area contributed by atoms with E-state index in [9.17, 15) is 14.0 Å². The maximum atomic E-state index is 12.6. The highest BCUT2D eigenvalue weighted by Crippen LogP contribution is 2.18. The van der Waals surface area contributed by atoms with E-state index in [-0.39, 0.29) is 24.8 Å². The molecule has 0 aliphatic rings. The van der Waals surface area contributed by atoms with E-state index in [0.717, 1.165) is 4.90 Å². The van der Waals surface area contributed by atoms with Gasteiger partial charge in [-0.25, -0.2) is 9.87 Å². The molecule has 5 nitrogen and oxygen atoms in total. The summed E-state index contributed by atoms with van der Waals surface area (Å²) in [6.07, 6.45) is 0.223. The zero-order valence-corrected chi connectivity index (χ0v) is 10.3. The minimum absolute atomic E-state index is 0.223. The normalized spacial score (nSPS) is 10.1. The molecule has 18 heavy (non-hydrogen) atoms. The van der Waals surface area contributed by atoms with Crippen LogP contribution in [0.1, 0.15) is 6.42 Å². The zero-order valence-electron chi connectivity index (χ0n) is 9.52. The third-order valence-corrected chi connectivity index (χ3v) is 2.83. The molecule has 0 unspecified atom stereocenters. The second-order valence-electron chi connectivity index (χ2n) is 3.33. The van der Waals surface area contributed by atoms with Crippen molar-refractivity contribution in [1.29, 1.82) is 0 Å². The number of primary amides is 1. The lowest BCUT2D eigenvalue weighted by Crippen LogP contribution is -2.29. The second kappa shape index (κ2) is 7.67. The van der Waals surface area contributed by atoms with Crippen LogP contribution in [0.3, 0.4) is 0 Å². The van der Waals surface area contributed by atoms with Crippen molar-refractivity contribution >= 4 is 23.6 Å². The van der Waals surface area contributed by atoms with Gasteiger partial charge >= 0.3 is 0 Å². The number of hydrogen-bond donors (Lipinski definition) is 2. The van der Waals surface area contributed by atoms with Crippen LogP contribution in [0.2, 0.25) is 0 Å². The van der Waals surface area contributed by atoms with Gasteiger partial charge in [-0.15, -0.1) is 11.8 Å². The summed E-state index contributed by atoms with van der Waals surface area (Å²) in [4.78, 5) is 26.9. The summed E-state index contributed by atoms with van der Waals surface area (Å²) in [5.41, 5.74) is 6.91. The SMILES string of the molecule is NC(=O)CONC(=O)CCSc1ccc(F)cc1. The lowest BCUT2D eigenvalue weighted by Gasteiger charge is -2.04. The Morgan fingerprint density at radius 1 is 1.33 bits per heavy atom. The van der Waals surface area contributed by atoms with E-state index in [1.54, 1.807) is 12.1 Å². The third-order valence-electron chi connectivity index (χ3n) is 1.81. The number of carbonyl (C=O) groups excluding carboxylic acids is 2. The Morgan fingerprint density at radius 3 is 2.61 bits per heavy atom.